The van der Waals surface area contributed by atoms with Gasteiger partial charge >= 0.3 is 0 Å². The van der Waals surface area contributed by atoms with Gasteiger partial charge in [0.25, 0.3) is 5.91 Å². The molecule has 1 heterocycles. The van der Waals surface area contributed by atoms with Crippen LogP contribution in [0.2, 0.25) is 0 Å². The predicted molar refractivity (Wildman–Crippen MR) is 114 cm³/mol. The molecule has 3 rings (SSSR count). The fraction of sp³-hybridized carbons (Fsp3) is 0.360. The number of benzene rings is 2. The topological polar surface area (TPSA) is 37.4 Å². The lowest BCUT2D eigenvalue weighted by molar-refractivity contribution is -0.145. The van der Waals surface area contributed by atoms with Crippen molar-refractivity contribution >= 4 is 17.9 Å². The molecular formula is C25H29NO2. The molecule has 0 aromatic heterocycles. The Morgan fingerprint density at radius 2 is 1.75 bits per heavy atom. The summed E-state index contributed by atoms with van der Waals surface area (Å²) in [5.41, 5.74) is 4.19. The maximum Gasteiger partial charge on any atom is 0.256 e. The number of hydrogen-bond acceptors (Lipinski definition) is 2. The van der Waals surface area contributed by atoms with Crippen molar-refractivity contribution in [3.05, 3.63) is 76.9 Å². The second kappa shape index (κ2) is 9.50. The molecule has 2 aromatic carbocycles. The molecule has 1 aliphatic rings. The lowest BCUT2D eigenvalue weighted by Crippen LogP contribution is -2.43. The molecule has 3 heteroatoms. The van der Waals surface area contributed by atoms with Gasteiger partial charge in [0.2, 0.25) is 5.91 Å². The zero-order valence-electron chi connectivity index (χ0n) is 16.9. The van der Waals surface area contributed by atoms with Crippen molar-refractivity contribution < 1.29 is 9.59 Å². The van der Waals surface area contributed by atoms with Crippen LogP contribution in [0.4, 0.5) is 0 Å². The van der Waals surface area contributed by atoms with Crippen molar-refractivity contribution in [2.24, 2.45) is 5.92 Å². The maximum atomic E-state index is 13.3. The largest absolute Gasteiger partial charge is 0.278 e. The Morgan fingerprint density at radius 1 is 1.04 bits per heavy atom. The number of amides is 2. The third kappa shape index (κ3) is 4.78. The summed E-state index contributed by atoms with van der Waals surface area (Å²) in [4.78, 5) is 27.7. The standard InChI is InChI=1S/C25H29NO2/c1-3-21-13-7-8-14-22(21)18-23-15-9-10-19(2)24(27)26(25(23)28)17-16-20-11-5-4-6-12-20/h4-8,11-14,18-19H,3,9-10,15-17H2,1-2H3. The summed E-state index contributed by atoms with van der Waals surface area (Å²) in [6.07, 6.45) is 6.01. The molecule has 1 aliphatic heterocycles. The molecule has 0 saturated carbocycles. The minimum absolute atomic E-state index is 0.0460. The lowest BCUT2D eigenvalue weighted by Gasteiger charge is -2.28. The quantitative estimate of drug-likeness (QED) is 0.542. The molecule has 3 nitrogen and oxygen atoms in total. The first kappa shape index (κ1) is 20.1. The fourth-order valence-electron chi connectivity index (χ4n) is 3.78. The molecular weight excluding hydrogens is 346 g/mol. The first-order valence-corrected chi connectivity index (χ1v) is 10.3. The number of imide groups is 1. The fourth-order valence-corrected chi connectivity index (χ4v) is 3.78. The summed E-state index contributed by atoms with van der Waals surface area (Å²) in [6, 6.07) is 18.2. The van der Waals surface area contributed by atoms with Crippen molar-refractivity contribution in [1.29, 1.82) is 0 Å². The Hall–Kier alpha value is -2.68. The van der Waals surface area contributed by atoms with Crippen LogP contribution >= 0.6 is 0 Å². The average Bonchev–Trinajstić information content (AvgIpc) is 2.73. The number of nitrogens with zero attached hydrogens (tertiary/aromatic N) is 1. The minimum atomic E-state index is -0.126. The Bertz CT molecular complexity index is 854. The van der Waals surface area contributed by atoms with Crippen LogP contribution in [0, 0.1) is 5.92 Å². The van der Waals surface area contributed by atoms with E-state index in [1.165, 1.54) is 10.5 Å². The summed E-state index contributed by atoms with van der Waals surface area (Å²) in [5, 5.41) is 0. The summed E-state index contributed by atoms with van der Waals surface area (Å²) in [5.74, 6) is -0.280. The monoisotopic (exact) mass is 375 g/mol. The zero-order valence-corrected chi connectivity index (χ0v) is 16.9. The molecule has 0 bridgehead atoms. The van der Waals surface area contributed by atoms with E-state index in [4.69, 9.17) is 0 Å². The molecule has 146 valence electrons. The second-order valence-corrected chi connectivity index (χ2v) is 7.55. The van der Waals surface area contributed by atoms with Gasteiger partial charge in [-0.15, -0.1) is 0 Å². The van der Waals surface area contributed by atoms with Gasteiger partial charge in [-0.05, 0) is 54.9 Å². The summed E-state index contributed by atoms with van der Waals surface area (Å²) in [7, 11) is 0. The van der Waals surface area contributed by atoms with E-state index in [0.29, 0.717) is 13.0 Å². The Kier molecular flexibility index (Phi) is 6.80. The first-order chi connectivity index (χ1) is 13.6. The smallest absolute Gasteiger partial charge is 0.256 e. The summed E-state index contributed by atoms with van der Waals surface area (Å²) < 4.78 is 0. The highest BCUT2D eigenvalue weighted by Crippen LogP contribution is 2.25. The Balaban J connectivity index is 1.88. The van der Waals surface area contributed by atoms with E-state index in [9.17, 15) is 9.59 Å². The van der Waals surface area contributed by atoms with Gasteiger partial charge in [-0.3, -0.25) is 14.5 Å². The zero-order chi connectivity index (χ0) is 19.9. The lowest BCUT2D eigenvalue weighted by atomic mass is 9.93. The van der Waals surface area contributed by atoms with Crippen LogP contribution in [0.1, 0.15) is 49.8 Å². The van der Waals surface area contributed by atoms with E-state index in [1.54, 1.807) is 0 Å². The summed E-state index contributed by atoms with van der Waals surface area (Å²) in [6.45, 7) is 4.49. The van der Waals surface area contributed by atoms with Crippen molar-refractivity contribution in [2.45, 2.75) is 46.0 Å². The van der Waals surface area contributed by atoms with E-state index in [0.717, 1.165) is 42.4 Å². The van der Waals surface area contributed by atoms with Gasteiger partial charge in [0.15, 0.2) is 0 Å². The molecule has 0 N–H and O–H groups in total. The minimum Gasteiger partial charge on any atom is -0.278 e. The van der Waals surface area contributed by atoms with E-state index in [2.05, 4.69) is 19.1 Å². The van der Waals surface area contributed by atoms with Crippen molar-refractivity contribution in [1.82, 2.24) is 4.90 Å². The maximum absolute atomic E-state index is 13.3. The third-order valence-corrected chi connectivity index (χ3v) is 5.52. The van der Waals surface area contributed by atoms with Crippen molar-refractivity contribution in [3.8, 4) is 0 Å². The molecule has 1 atom stereocenters. The van der Waals surface area contributed by atoms with Gasteiger partial charge in [-0.2, -0.15) is 0 Å². The Morgan fingerprint density at radius 3 is 2.50 bits per heavy atom. The molecule has 1 unspecified atom stereocenters. The number of rotatable bonds is 5. The number of carbonyl (C=O) groups is 2. The molecule has 0 aliphatic carbocycles. The molecule has 2 aromatic rings. The van der Waals surface area contributed by atoms with Crippen LogP contribution in [0.15, 0.2) is 60.2 Å². The van der Waals surface area contributed by atoms with Gasteiger partial charge in [0.05, 0.1) is 0 Å². The molecule has 0 spiro atoms. The van der Waals surface area contributed by atoms with E-state index in [-0.39, 0.29) is 17.7 Å². The van der Waals surface area contributed by atoms with Gasteiger partial charge in [-0.1, -0.05) is 68.4 Å². The van der Waals surface area contributed by atoms with Gasteiger partial charge < -0.3 is 0 Å². The predicted octanol–water partition coefficient (Wildman–Crippen LogP) is 5.05. The van der Waals surface area contributed by atoms with Crippen LogP contribution in [0.25, 0.3) is 6.08 Å². The van der Waals surface area contributed by atoms with E-state index >= 15 is 0 Å². The van der Waals surface area contributed by atoms with Crippen molar-refractivity contribution in [2.75, 3.05) is 6.54 Å². The average molecular weight is 376 g/mol. The number of likely N-dealkylation sites (tertiary alicyclic amines) is 1. The Labute approximate surface area is 168 Å². The van der Waals surface area contributed by atoms with Gasteiger partial charge in [0, 0.05) is 18.0 Å². The highest BCUT2D eigenvalue weighted by atomic mass is 16.2. The highest BCUT2D eigenvalue weighted by molar-refractivity contribution is 6.07. The molecule has 1 fully saturated rings. The molecule has 1 saturated heterocycles. The van der Waals surface area contributed by atoms with E-state index < -0.39 is 0 Å². The van der Waals surface area contributed by atoms with Gasteiger partial charge in [-0.25, -0.2) is 0 Å². The molecule has 28 heavy (non-hydrogen) atoms. The van der Waals surface area contributed by atoms with Crippen LogP contribution in [-0.2, 0) is 22.4 Å². The number of carbonyl (C=O) groups excluding carboxylic acids is 2. The second-order valence-electron chi connectivity index (χ2n) is 7.55. The van der Waals surface area contributed by atoms with E-state index in [1.807, 2.05) is 55.5 Å². The number of aryl methyl sites for hydroxylation is 1. The summed E-state index contributed by atoms with van der Waals surface area (Å²) >= 11 is 0. The van der Waals surface area contributed by atoms with Crippen LogP contribution in [-0.4, -0.2) is 23.3 Å². The SMILES string of the molecule is CCc1ccccc1C=C1CCCC(C)C(=O)N(CCc2ccccc2)C1=O. The van der Waals surface area contributed by atoms with Crippen molar-refractivity contribution in [3.63, 3.8) is 0 Å². The van der Waals surface area contributed by atoms with Crippen LogP contribution in [0.5, 0.6) is 0 Å². The van der Waals surface area contributed by atoms with Crippen LogP contribution in [0.3, 0.4) is 0 Å². The molecule has 0 radical (unpaired) electrons. The normalized spacial score (nSPS) is 19.6. The first-order valence-electron chi connectivity index (χ1n) is 10.3. The van der Waals surface area contributed by atoms with Crippen LogP contribution < -0.4 is 0 Å². The number of hydrogen-bond donors (Lipinski definition) is 0. The molecule has 2 amide bonds. The highest BCUT2D eigenvalue weighted by Gasteiger charge is 2.30. The van der Waals surface area contributed by atoms with Gasteiger partial charge in [0.1, 0.15) is 0 Å². The third-order valence-electron chi connectivity index (χ3n) is 5.52.